The van der Waals surface area contributed by atoms with Gasteiger partial charge >= 0.3 is 0 Å². The Morgan fingerprint density at radius 3 is 2.58 bits per heavy atom. The smallest absolute Gasteiger partial charge is 0.227 e. The van der Waals surface area contributed by atoms with Crippen LogP contribution in [-0.4, -0.2) is 52.0 Å². The molecule has 128 valence electrons. The molecule has 1 aliphatic carbocycles. The Bertz CT molecular complexity index is 704. The lowest BCUT2D eigenvalue weighted by Crippen LogP contribution is -2.47. The molecule has 3 heterocycles. The summed E-state index contributed by atoms with van der Waals surface area (Å²) in [4.78, 5) is 18.6. The maximum Gasteiger partial charge on any atom is 0.227 e. The molecule has 0 atom stereocenters. The summed E-state index contributed by atoms with van der Waals surface area (Å²) in [6, 6.07) is 1.99. The van der Waals surface area contributed by atoms with Gasteiger partial charge in [-0.05, 0) is 26.7 Å². The van der Waals surface area contributed by atoms with E-state index in [1.54, 1.807) is 0 Å². The van der Waals surface area contributed by atoms with Crippen molar-refractivity contribution in [1.29, 1.82) is 0 Å². The van der Waals surface area contributed by atoms with Gasteiger partial charge < -0.3 is 15.1 Å². The van der Waals surface area contributed by atoms with Crippen LogP contribution in [0.15, 0.2) is 6.07 Å². The predicted octanol–water partition coefficient (Wildman–Crippen LogP) is 2.27. The van der Waals surface area contributed by atoms with E-state index in [4.69, 9.17) is 4.98 Å². The van der Waals surface area contributed by atoms with Crippen LogP contribution in [0.5, 0.6) is 0 Å². The van der Waals surface area contributed by atoms with Crippen molar-refractivity contribution in [3.8, 4) is 0 Å². The zero-order chi connectivity index (χ0) is 16.5. The van der Waals surface area contributed by atoms with Gasteiger partial charge in [0, 0.05) is 61.9 Å². The van der Waals surface area contributed by atoms with Gasteiger partial charge in [0.15, 0.2) is 0 Å². The first-order valence-corrected chi connectivity index (χ1v) is 9.43. The molecule has 1 saturated carbocycles. The predicted molar refractivity (Wildman–Crippen MR) is 97.2 cm³/mol. The van der Waals surface area contributed by atoms with Gasteiger partial charge in [0.05, 0.1) is 0 Å². The van der Waals surface area contributed by atoms with E-state index < -0.39 is 0 Å². The van der Waals surface area contributed by atoms with Crippen molar-refractivity contribution < 1.29 is 0 Å². The van der Waals surface area contributed by atoms with Crippen LogP contribution in [0.3, 0.4) is 0 Å². The fourth-order valence-corrected chi connectivity index (χ4v) is 3.72. The lowest BCUT2D eigenvalue weighted by molar-refractivity contribution is 0.637. The Morgan fingerprint density at radius 2 is 1.88 bits per heavy atom. The van der Waals surface area contributed by atoms with Crippen molar-refractivity contribution in [2.24, 2.45) is 0 Å². The minimum absolute atomic E-state index is 0.626. The second kappa shape index (κ2) is 6.51. The molecule has 1 saturated heterocycles. The first kappa shape index (κ1) is 15.6. The third-order valence-electron chi connectivity index (χ3n) is 4.41. The summed E-state index contributed by atoms with van der Waals surface area (Å²) in [7, 11) is 0. The van der Waals surface area contributed by atoms with Gasteiger partial charge in [-0.2, -0.15) is 9.36 Å². The molecule has 0 aromatic carbocycles. The fourth-order valence-electron chi connectivity index (χ4n) is 2.93. The summed E-state index contributed by atoms with van der Waals surface area (Å²) in [5, 5.41) is 4.34. The SMILES string of the molecule is CCNc1cc(C)nc(N2CCN(c3nc(C4CC4)ns3)CC2)n1. The van der Waals surface area contributed by atoms with E-state index in [9.17, 15) is 0 Å². The highest BCUT2D eigenvalue weighted by Gasteiger charge is 2.29. The minimum Gasteiger partial charge on any atom is -0.370 e. The number of aromatic nitrogens is 4. The maximum absolute atomic E-state index is 4.72. The Balaban J connectivity index is 1.41. The van der Waals surface area contributed by atoms with Crippen molar-refractivity contribution in [1.82, 2.24) is 19.3 Å². The van der Waals surface area contributed by atoms with E-state index in [0.717, 1.165) is 61.1 Å². The summed E-state index contributed by atoms with van der Waals surface area (Å²) in [5.74, 6) is 3.40. The molecule has 2 fully saturated rings. The van der Waals surface area contributed by atoms with Gasteiger partial charge in [0.2, 0.25) is 11.1 Å². The monoisotopic (exact) mass is 345 g/mol. The molecule has 2 aromatic heterocycles. The molecule has 0 radical (unpaired) electrons. The highest BCUT2D eigenvalue weighted by molar-refractivity contribution is 7.09. The van der Waals surface area contributed by atoms with Crippen molar-refractivity contribution in [2.75, 3.05) is 47.8 Å². The molecule has 8 heteroatoms. The van der Waals surface area contributed by atoms with E-state index in [-0.39, 0.29) is 0 Å². The normalized spacial score (nSPS) is 18.1. The van der Waals surface area contributed by atoms with E-state index in [1.165, 1.54) is 24.4 Å². The van der Waals surface area contributed by atoms with Crippen LogP contribution in [0.2, 0.25) is 0 Å². The largest absolute Gasteiger partial charge is 0.370 e. The summed E-state index contributed by atoms with van der Waals surface area (Å²) in [6.07, 6.45) is 2.51. The number of hydrogen-bond acceptors (Lipinski definition) is 8. The van der Waals surface area contributed by atoms with E-state index in [2.05, 4.69) is 36.4 Å². The van der Waals surface area contributed by atoms with Crippen LogP contribution in [0.4, 0.5) is 16.9 Å². The number of piperazine rings is 1. The highest BCUT2D eigenvalue weighted by atomic mass is 32.1. The van der Waals surface area contributed by atoms with E-state index in [0.29, 0.717) is 5.92 Å². The first-order chi connectivity index (χ1) is 11.7. The van der Waals surface area contributed by atoms with Crippen LogP contribution >= 0.6 is 11.5 Å². The van der Waals surface area contributed by atoms with Gasteiger partial charge in [0.1, 0.15) is 11.6 Å². The molecular weight excluding hydrogens is 322 g/mol. The maximum atomic E-state index is 4.72. The standard InChI is InChI=1S/C16H23N7S/c1-3-17-13-10-11(2)18-15(19-13)22-6-8-23(9-7-22)16-20-14(21-24-16)12-4-5-12/h10,12H,3-9H2,1-2H3,(H,17,18,19). The molecule has 2 aliphatic rings. The Kier molecular flexibility index (Phi) is 4.22. The number of hydrogen-bond donors (Lipinski definition) is 1. The lowest BCUT2D eigenvalue weighted by atomic mass is 10.3. The van der Waals surface area contributed by atoms with Crippen LogP contribution in [0.1, 0.15) is 37.2 Å². The van der Waals surface area contributed by atoms with E-state index >= 15 is 0 Å². The Hall–Kier alpha value is -1.96. The number of nitrogens with zero attached hydrogens (tertiary/aromatic N) is 6. The Morgan fingerprint density at radius 1 is 1.12 bits per heavy atom. The zero-order valence-corrected chi connectivity index (χ0v) is 15.0. The van der Waals surface area contributed by atoms with Gasteiger partial charge in [-0.25, -0.2) is 9.97 Å². The van der Waals surface area contributed by atoms with Crippen LogP contribution in [0.25, 0.3) is 0 Å². The van der Waals surface area contributed by atoms with Crippen LogP contribution in [-0.2, 0) is 0 Å². The summed E-state index contributed by atoms with van der Waals surface area (Å²) < 4.78 is 4.52. The average Bonchev–Trinajstić information content (AvgIpc) is 3.32. The highest BCUT2D eigenvalue weighted by Crippen LogP contribution is 2.39. The van der Waals surface area contributed by atoms with Crippen LogP contribution in [0, 0.1) is 6.92 Å². The molecule has 0 unspecified atom stereocenters. The molecule has 1 aliphatic heterocycles. The van der Waals surface area contributed by atoms with Gasteiger partial charge in [-0.1, -0.05) is 0 Å². The molecule has 1 N–H and O–H groups in total. The molecule has 4 rings (SSSR count). The third kappa shape index (κ3) is 3.28. The van der Waals surface area contributed by atoms with Crippen molar-refractivity contribution in [3.05, 3.63) is 17.6 Å². The van der Waals surface area contributed by atoms with Gasteiger partial charge in [0.25, 0.3) is 0 Å². The van der Waals surface area contributed by atoms with Crippen molar-refractivity contribution in [2.45, 2.75) is 32.6 Å². The third-order valence-corrected chi connectivity index (χ3v) is 5.20. The molecular formula is C16H23N7S. The Labute approximate surface area is 146 Å². The number of nitrogens with one attached hydrogen (secondary N) is 1. The average molecular weight is 345 g/mol. The summed E-state index contributed by atoms with van der Waals surface area (Å²) >= 11 is 1.54. The van der Waals surface area contributed by atoms with Crippen molar-refractivity contribution in [3.63, 3.8) is 0 Å². The summed E-state index contributed by atoms with van der Waals surface area (Å²) in [5.41, 5.74) is 0.997. The minimum atomic E-state index is 0.626. The number of aryl methyl sites for hydroxylation is 1. The topological polar surface area (TPSA) is 70.1 Å². The fraction of sp³-hybridized carbons (Fsp3) is 0.625. The number of anilines is 3. The lowest BCUT2D eigenvalue weighted by Gasteiger charge is -2.34. The molecule has 0 bridgehead atoms. The molecule has 7 nitrogen and oxygen atoms in total. The number of rotatable bonds is 5. The molecule has 0 spiro atoms. The first-order valence-electron chi connectivity index (χ1n) is 8.66. The quantitative estimate of drug-likeness (QED) is 0.891. The van der Waals surface area contributed by atoms with Crippen LogP contribution < -0.4 is 15.1 Å². The molecule has 0 amide bonds. The molecule has 2 aromatic rings. The second-order valence-corrected chi connectivity index (χ2v) is 7.14. The van der Waals surface area contributed by atoms with Gasteiger partial charge in [-0.15, -0.1) is 0 Å². The second-order valence-electron chi connectivity index (χ2n) is 6.41. The van der Waals surface area contributed by atoms with E-state index in [1.807, 2.05) is 13.0 Å². The molecule has 24 heavy (non-hydrogen) atoms. The summed E-state index contributed by atoms with van der Waals surface area (Å²) in [6.45, 7) is 8.65. The zero-order valence-electron chi connectivity index (χ0n) is 14.2. The van der Waals surface area contributed by atoms with Gasteiger partial charge in [-0.3, -0.25) is 0 Å². The van der Waals surface area contributed by atoms with Crippen molar-refractivity contribution >= 4 is 28.4 Å².